The number of para-hydroxylation sites is 1. The highest BCUT2D eigenvalue weighted by Gasteiger charge is 1.90. The number of benzene rings is 1. The Morgan fingerprint density at radius 3 is 2.70 bits per heavy atom. The van der Waals surface area contributed by atoms with Crippen LogP contribution in [0.5, 0.6) is 0 Å². The maximum Gasteiger partial charge on any atom is 0.0768 e. The molecule has 0 N–H and O–H groups in total. The van der Waals surface area contributed by atoms with Gasteiger partial charge in [0.15, 0.2) is 0 Å². The van der Waals surface area contributed by atoms with Gasteiger partial charge < -0.3 is 0 Å². The molecular formula is C7H6INS. The first-order valence-electron chi connectivity index (χ1n) is 2.75. The summed E-state index contributed by atoms with van der Waals surface area (Å²) in [7, 11) is 0. The summed E-state index contributed by atoms with van der Waals surface area (Å²) in [6, 6.07) is 7.73. The van der Waals surface area contributed by atoms with Crippen molar-refractivity contribution in [2.45, 2.75) is 4.90 Å². The zero-order valence-electron chi connectivity index (χ0n) is 5.16. The van der Waals surface area contributed by atoms with E-state index < -0.39 is 0 Å². The molecule has 52 valence electrons. The maximum atomic E-state index is 4.21. The van der Waals surface area contributed by atoms with Gasteiger partial charge in [0.25, 0.3) is 0 Å². The van der Waals surface area contributed by atoms with Crippen LogP contribution in [0, 0.1) is 0 Å². The molecule has 0 saturated carbocycles. The Morgan fingerprint density at radius 1 is 1.40 bits per heavy atom. The first-order valence-corrected chi connectivity index (χ1v) is 4.44. The average Bonchev–Trinajstić information content (AvgIpc) is 1.94. The molecule has 1 nitrogen and oxygen atoms in total. The van der Waals surface area contributed by atoms with Crippen LogP contribution in [0.4, 0.5) is 5.69 Å². The molecule has 1 aromatic rings. The lowest BCUT2D eigenvalue weighted by Gasteiger charge is -1.94. The van der Waals surface area contributed by atoms with E-state index in [0.29, 0.717) is 0 Å². The molecule has 0 aliphatic rings. The van der Waals surface area contributed by atoms with Crippen LogP contribution in [0.25, 0.3) is 0 Å². The van der Waals surface area contributed by atoms with Gasteiger partial charge in [0.05, 0.1) is 9.91 Å². The van der Waals surface area contributed by atoms with Crippen molar-refractivity contribution >= 4 is 45.1 Å². The molecule has 1 aromatic carbocycles. The number of rotatable bonds is 1. The molecular weight excluding hydrogens is 257 g/mol. The zero-order valence-corrected chi connectivity index (χ0v) is 8.21. The number of nitrogens with zero attached hydrogens (tertiary/aromatic N) is 1. The van der Waals surface area contributed by atoms with E-state index in [2.05, 4.69) is 40.2 Å². The summed E-state index contributed by atoms with van der Waals surface area (Å²) in [5.41, 5.74) is 0.917. The van der Waals surface area contributed by atoms with E-state index >= 15 is 0 Å². The molecule has 3 heteroatoms. The lowest BCUT2D eigenvalue weighted by Crippen LogP contribution is -1.66. The molecule has 0 fully saturated rings. The highest BCUT2D eigenvalue weighted by atomic mass is 127. The Kier molecular flexibility index (Phi) is 3.21. The average molecular weight is 263 g/mol. The van der Waals surface area contributed by atoms with Crippen molar-refractivity contribution in [3.8, 4) is 0 Å². The third kappa shape index (κ3) is 1.98. The monoisotopic (exact) mass is 263 g/mol. The van der Waals surface area contributed by atoms with Crippen molar-refractivity contribution in [3.63, 3.8) is 0 Å². The predicted octanol–water partition coefficient (Wildman–Crippen LogP) is 3.07. The molecule has 0 radical (unpaired) electrons. The quantitative estimate of drug-likeness (QED) is 0.454. The zero-order chi connectivity index (χ0) is 7.40. The number of thiol groups is 1. The number of hydrogen-bond acceptors (Lipinski definition) is 2. The van der Waals surface area contributed by atoms with Crippen LogP contribution in [-0.2, 0) is 0 Å². The van der Waals surface area contributed by atoms with E-state index in [-0.39, 0.29) is 0 Å². The molecule has 0 atom stereocenters. The van der Waals surface area contributed by atoms with Crippen LogP contribution in [-0.4, -0.2) is 4.22 Å². The molecule has 0 aromatic heterocycles. The molecule has 0 aliphatic heterocycles. The largest absolute Gasteiger partial charge is 0.249 e. The number of aliphatic imine (C=N–C) groups is 1. The van der Waals surface area contributed by atoms with Crippen LogP contribution in [0.3, 0.4) is 0 Å². The summed E-state index contributed by atoms with van der Waals surface area (Å²) in [5, 5.41) is 0. The van der Waals surface area contributed by atoms with Crippen LogP contribution in [0.15, 0.2) is 34.2 Å². The van der Waals surface area contributed by atoms with E-state index in [0.717, 1.165) is 10.6 Å². The van der Waals surface area contributed by atoms with Crippen molar-refractivity contribution in [1.82, 2.24) is 0 Å². The summed E-state index contributed by atoms with van der Waals surface area (Å²) in [5.74, 6) is 0. The Hall–Kier alpha value is -0.0300. The van der Waals surface area contributed by atoms with Gasteiger partial charge in [0.2, 0.25) is 0 Å². The normalized spacial score (nSPS) is 10.6. The van der Waals surface area contributed by atoms with Crippen molar-refractivity contribution in [2.75, 3.05) is 0 Å². The van der Waals surface area contributed by atoms with Gasteiger partial charge in [-0.3, -0.25) is 0 Å². The van der Waals surface area contributed by atoms with Gasteiger partial charge in [-0.25, -0.2) is 4.99 Å². The Balaban J connectivity index is 3.03. The molecule has 0 heterocycles. The third-order valence-electron chi connectivity index (χ3n) is 1.07. The minimum absolute atomic E-state index is 0.912. The van der Waals surface area contributed by atoms with Gasteiger partial charge in [0.1, 0.15) is 0 Å². The number of hydrogen-bond donors (Lipinski definition) is 1. The number of halogens is 1. The van der Waals surface area contributed by atoms with E-state index in [9.17, 15) is 0 Å². The van der Waals surface area contributed by atoms with Crippen molar-refractivity contribution in [2.24, 2.45) is 4.99 Å². The summed E-state index contributed by atoms with van der Waals surface area (Å²) in [6.07, 6.45) is 0. The van der Waals surface area contributed by atoms with Gasteiger partial charge in [-0.05, 0) is 34.7 Å². The summed E-state index contributed by atoms with van der Waals surface area (Å²) >= 11 is 6.30. The van der Waals surface area contributed by atoms with E-state index in [1.807, 2.05) is 24.3 Å². The SMILES string of the molecule is Sc1ccccc1/N=C\I. The Morgan fingerprint density at radius 2 is 2.10 bits per heavy atom. The van der Waals surface area contributed by atoms with Crippen LogP contribution >= 0.6 is 35.2 Å². The van der Waals surface area contributed by atoms with E-state index in [1.54, 1.807) is 4.22 Å². The van der Waals surface area contributed by atoms with Crippen LogP contribution in [0.1, 0.15) is 0 Å². The molecule has 0 spiro atoms. The Bertz CT molecular complexity index is 247. The second-order valence-electron chi connectivity index (χ2n) is 1.72. The van der Waals surface area contributed by atoms with Crippen molar-refractivity contribution in [3.05, 3.63) is 24.3 Å². The van der Waals surface area contributed by atoms with Gasteiger partial charge in [-0.1, -0.05) is 12.1 Å². The lowest BCUT2D eigenvalue weighted by molar-refractivity contribution is 1.40. The van der Waals surface area contributed by atoms with Crippen molar-refractivity contribution in [1.29, 1.82) is 0 Å². The fourth-order valence-corrected chi connectivity index (χ4v) is 1.14. The maximum absolute atomic E-state index is 4.21. The molecule has 0 bridgehead atoms. The van der Waals surface area contributed by atoms with E-state index in [1.165, 1.54) is 0 Å². The topological polar surface area (TPSA) is 12.4 Å². The lowest BCUT2D eigenvalue weighted by atomic mass is 10.3. The van der Waals surface area contributed by atoms with Gasteiger partial charge in [0, 0.05) is 4.90 Å². The molecule has 10 heavy (non-hydrogen) atoms. The van der Waals surface area contributed by atoms with Gasteiger partial charge in [-0.2, -0.15) is 0 Å². The highest BCUT2D eigenvalue weighted by molar-refractivity contribution is 14.1. The first kappa shape index (κ1) is 8.07. The predicted molar refractivity (Wildman–Crippen MR) is 55.9 cm³/mol. The minimum atomic E-state index is 0.912. The fraction of sp³-hybridized carbons (Fsp3) is 0. The molecule has 0 saturated heterocycles. The minimum Gasteiger partial charge on any atom is -0.249 e. The van der Waals surface area contributed by atoms with Gasteiger partial charge >= 0.3 is 0 Å². The smallest absolute Gasteiger partial charge is 0.0768 e. The molecule has 1 rings (SSSR count). The first-order chi connectivity index (χ1) is 4.84. The third-order valence-corrected chi connectivity index (χ3v) is 1.73. The fourth-order valence-electron chi connectivity index (χ4n) is 0.626. The van der Waals surface area contributed by atoms with E-state index in [4.69, 9.17) is 0 Å². The highest BCUT2D eigenvalue weighted by Crippen LogP contribution is 2.21. The molecule has 0 aliphatic carbocycles. The summed E-state index contributed by atoms with van der Waals surface area (Å²) < 4.78 is 1.73. The molecule has 0 unspecified atom stereocenters. The Labute approximate surface area is 79.1 Å². The summed E-state index contributed by atoms with van der Waals surface area (Å²) in [6.45, 7) is 0. The second kappa shape index (κ2) is 3.98. The van der Waals surface area contributed by atoms with Crippen molar-refractivity contribution < 1.29 is 0 Å². The van der Waals surface area contributed by atoms with Crippen LogP contribution < -0.4 is 0 Å². The standard InChI is InChI=1S/C7H6INS/c8-5-9-6-3-1-2-4-7(6)10/h1-5,10H/b9-5-. The summed E-state index contributed by atoms with van der Waals surface area (Å²) in [4.78, 5) is 5.00. The molecule has 0 amide bonds. The second-order valence-corrected chi connectivity index (χ2v) is 2.75. The van der Waals surface area contributed by atoms with Gasteiger partial charge in [-0.15, -0.1) is 12.6 Å². The van der Waals surface area contributed by atoms with Crippen LogP contribution in [0.2, 0.25) is 0 Å².